The molecular formula is C16H18N2O. The van der Waals surface area contributed by atoms with Crippen LogP contribution in [-0.2, 0) is 19.3 Å². The van der Waals surface area contributed by atoms with Crippen LogP contribution in [0.4, 0.5) is 0 Å². The zero-order valence-corrected chi connectivity index (χ0v) is 11.0. The molecule has 2 aromatic rings. The van der Waals surface area contributed by atoms with Crippen molar-refractivity contribution in [2.24, 2.45) is 0 Å². The summed E-state index contributed by atoms with van der Waals surface area (Å²) in [6.45, 7) is 0.0909. The lowest BCUT2D eigenvalue weighted by molar-refractivity contribution is 0.296. The predicted molar refractivity (Wildman–Crippen MR) is 74.9 cm³/mol. The summed E-state index contributed by atoms with van der Waals surface area (Å²) in [4.78, 5) is 8.68. The van der Waals surface area contributed by atoms with E-state index in [2.05, 4.69) is 28.2 Å². The first-order valence-corrected chi connectivity index (χ1v) is 6.92. The molecule has 0 bridgehead atoms. The molecule has 1 aliphatic rings. The number of aliphatic hydroxyl groups excluding tert-OH is 1. The van der Waals surface area contributed by atoms with E-state index in [1.807, 2.05) is 6.07 Å². The van der Waals surface area contributed by atoms with E-state index < -0.39 is 0 Å². The first kappa shape index (κ1) is 12.3. The lowest BCUT2D eigenvalue weighted by Crippen LogP contribution is -2.03. The minimum absolute atomic E-state index is 0.0909. The van der Waals surface area contributed by atoms with Crippen molar-refractivity contribution >= 4 is 0 Å². The van der Waals surface area contributed by atoms with Gasteiger partial charge in [-0.15, -0.1) is 0 Å². The third kappa shape index (κ3) is 2.66. The molecule has 3 nitrogen and oxygen atoms in total. The quantitative estimate of drug-likeness (QED) is 0.915. The number of nitrogens with zero attached hydrogens (tertiary/aromatic N) is 2. The number of aryl methyl sites for hydroxylation is 2. The van der Waals surface area contributed by atoms with Crippen LogP contribution in [0.2, 0.25) is 0 Å². The third-order valence-electron chi connectivity index (χ3n) is 3.69. The minimum Gasteiger partial charge on any atom is -0.396 e. The van der Waals surface area contributed by atoms with Crippen molar-refractivity contribution in [3.8, 4) is 11.3 Å². The van der Waals surface area contributed by atoms with E-state index in [0.717, 1.165) is 11.3 Å². The smallest absolute Gasteiger partial charge is 0.131 e. The predicted octanol–water partition coefficient (Wildman–Crippen LogP) is 2.56. The summed E-state index contributed by atoms with van der Waals surface area (Å²) in [6.07, 6.45) is 7.26. The Morgan fingerprint density at radius 3 is 2.74 bits per heavy atom. The second kappa shape index (κ2) is 5.49. The van der Waals surface area contributed by atoms with Gasteiger partial charge in [-0.3, -0.25) is 0 Å². The molecule has 0 aliphatic heterocycles. The summed E-state index contributed by atoms with van der Waals surface area (Å²) >= 11 is 0. The fourth-order valence-electron chi connectivity index (χ4n) is 2.67. The van der Waals surface area contributed by atoms with Gasteiger partial charge in [-0.1, -0.05) is 12.1 Å². The highest BCUT2D eigenvalue weighted by Gasteiger charge is 2.11. The highest BCUT2D eigenvalue weighted by Crippen LogP contribution is 2.26. The van der Waals surface area contributed by atoms with E-state index in [1.165, 1.54) is 36.8 Å². The molecule has 0 saturated carbocycles. The van der Waals surface area contributed by atoms with Crippen LogP contribution in [0.15, 0.2) is 30.5 Å². The van der Waals surface area contributed by atoms with Gasteiger partial charge >= 0.3 is 0 Å². The molecule has 0 radical (unpaired) electrons. The van der Waals surface area contributed by atoms with Crippen molar-refractivity contribution in [3.63, 3.8) is 0 Å². The number of aromatic nitrogens is 2. The van der Waals surface area contributed by atoms with Crippen LogP contribution >= 0.6 is 0 Å². The number of hydrogen-bond donors (Lipinski definition) is 1. The lowest BCUT2D eigenvalue weighted by Gasteiger charge is -2.16. The zero-order valence-electron chi connectivity index (χ0n) is 11.0. The highest BCUT2D eigenvalue weighted by molar-refractivity contribution is 5.61. The zero-order chi connectivity index (χ0) is 13.1. The maximum Gasteiger partial charge on any atom is 0.131 e. The fraction of sp³-hybridized carbons (Fsp3) is 0.375. The Bertz CT molecular complexity index is 581. The van der Waals surface area contributed by atoms with Gasteiger partial charge in [-0.2, -0.15) is 0 Å². The third-order valence-corrected chi connectivity index (χ3v) is 3.69. The summed E-state index contributed by atoms with van der Waals surface area (Å²) in [5, 5.41) is 8.96. The van der Waals surface area contributed by atoms with Crippen LogP contribution in [0.3, 0.4) is 0 Å². The highest BCUT2D eigenvalue weighted by atomic mass is 16.3. The van der Waals surface area contributed by atoms with E-state index in [9.17, 15) is 0 Å². The molecule has 0 spiro atoms. The van der Waals surface area contributed by atoms with E-state index in [-0.39, 0.29) is 6.61 Å². The number of benzene rings is 1. The summed E-state index contributed by atoms with van der Waals surface area (Å²) in [7, 11) is 0. The molecule has 1 N–H and O–H groups in total. The second-order valence-corrected chi connectivity index (χ2v) is 5.02. The summed E-state index contributed by atoms with van der Waals surface area (Å²) in [6, 6.07) is 8.58. The maximum atomic E-state index is 8.96. The van der Waals surface area contributed by atoms with E-state index >= 15 is 0 Å². The monoisotopic (exact) mass is 254 g/mol. The Morgan fingerprint density at radius 1 is 1.05 bits per heavy atom. The second-order valence-electron chi connectivity index (χ2n) is 5.02. The molecule has 19 heavy (non-hydrogen) atoms. The first-order valence-electron chi connectivity index (χ1n) is 6.92. The van der Waals surface area contributed by atoms with Gasteiger partial charge in [0, 0.05) is 18.2 Å². The molecule has 1 aliphatic carbocycles. The molecule has 0 unspecified atom stereocenters. The molecule has 0 amide bonds. The van der Waals surface area contributed by atoms with Crippen molar-refractivity contribution in [2.75, 3.05) is 6.61 Å². The average Bonchev–Trinajstić information content (AvgIpc) is 2.47. The van der Waals surface area contributed by atoms with Crippen LogP contribution in [-0.4, -0.2) is 21.7 Å². The Labute approximate surface area is 113 Å². The Morgan fingerprint density at radius 2 is 1.89 bits per heavy atom. The van der Waals surface area contributed by atoms with Crippen LogP contribution in [0, 0.1) is 0 Å². The molecule has 1 aromatic carbocycles. The van der Waals surface area contributed by atoms with Crippen molar-refractivity contribution in [1.29, 1.82) is 0 Å². The van der Waals surface area contributed by atoms with Crippen LogP contribution in [0.1, 0.15) is 29.8 Å². The van der Waals surface area contributed by atoms with Gasteiger partial charge in [-0.05, 0) is 48.9 Å². The van der Waals surface area contributed by atoms with E-state index in [1.54, 1.807) is 6.20 Å². The lowest BCUT2D eigenvalue weighted by atomic mass is 9.90. The van der Waals surface area contributed by atoms with Gasteiger partial charge in [0.25, 0.3) is 0 Å². The van der Waals surface area contributed by atoms with Gasteiger partial charge in [0.1, 0.15) is 5.82 Å². The number of hydrogen-bond acceptors (Lipinski definition) is 3. The molecule has 1 aromatic heterocycles. The van der Waals surface area contributed by atoms with Crippen molar-refractivity contribution < 1.29 is 5.11 Å². The number of fused-ring (bicyclic) bond motifs is 1. The normalized spacial score (nSPS) is 14.2. The maximum absolute atomic E-state index is 8.96. The van der Waals surface area contributed by atoms with Crippen LogP contribution in [0.25, 0.3) is 11.3 Å². The van der Waals surface area contributed by atoms with Crippen molar-refractivity contribution in [2.45, 2.75) is 32.1 Å². The Balaban J connectivity index is 1.95. The van der Waals surface area contributed by atoms with Gasteiger partial charge < -0.3 is 5.11 Å². The van der Waals surface area contributed by atoms with Gasteiger partial charge in [0.2, 0.25) is 0 Å². The molecule has 3 rings (SSSR count). The van der Waals surface area contributed by atoms with Gasteiger partial charge in [-0.25, -0.2) is 9.97 Å². The Kier molecular flexibility index (Phi) is 3.56. The van der Waals surface area contributed by atoms with Crippen LogP contribution in [0.5, 0.6) is 0 Å². The van der Waals surface area contributed by atoms with Crippen molar-refractivity contribution in [1.82, 2.24) is 9.97 Å². The molecule has 0 saturated heterocycles. The van der Waals surface area contributed by atoms with Gasteiger partial charge in [0.05, 0.1) is 12.3 Å². The largest absolute Gasteiger partial charge is 0.396 e. The molecule has 0 atom stereocenters. The minimum atomic E-state index is 0.0909. The summed E-state index contributed by atoms with van der Waals surface area (Å²) < 4.78 is 0. The standard InChI is InChI=1S/C16H18N2O/c19-10-8-16-17-9-7-15(18-16)14-6-5-12-3-1-2-4-13(12)11-14/h5-7,9,11,19H,1-4,8,10H2. The molecule has 0 fully saturated rings. The van der Waals surface area contributed by atoms with E-state index in [0.29, 0.717) is 12.2 Å². The summed E-state index contributed by atoms with van der Waals surface area (Å²) in [5.74, 6) is 0.706. The van der Waals surface area contributed by atoms with Gasteiger partial charge in [0.15, 0.2) is 0 Å². The molecule has 1 heterocycles. The molecule has 98 valence electrons. The topological polar surface area (TPSA) is 46.0 Å². The van der Waals surface area contributed by atoms with Crippen molar-refractivity contribution in [3.05, 3.63) is 47.4 Å². The average molecular weight is 254 g/mol. The molecule has 3 heteroatoms. The fourth-order valence-corrected chi connectivity index (χ4v) is 2.67. The number of aliphatic hydroxyl groups is 1. The SMILES string of the molecule is OCCc1nccc(-c2ccc3c(c2)CCCC3)n1. The molecular weight excluding hydrogens is 236 g/mol. The van der Waals surface area contributed by atoms with Crippen LogP contribution < -0.4 is 0 Å². The first-order chi connectivity index (χ1) is 9.36. The summed E-state index contributed by atoms with van der Waals surface area (Å²) in [5.41, 5.74) is 5.06. The van der Waals surface area contributed by atoms with E-state index in [4.69, 9.17) is 5.11 Å². The Hall–Kier alpha value is -1.74. The number of rotatable bonds is 3.